The third kappa shape index (κ3) is 3.14. The molecule has 0 bridgehead atoms. The van der Waals surface area contributed by atoms with E-state index in [1.165, 1.54) is 5.56 Å². The Bertz CT molecular complexity index is 695. The molecule has 2 aromatic carbocycles. The Hall–Kier alpha value is -1.33. The van der Waals surface area contributed by atoms with Gasteiger partial charge >= 0.3 is 0 Å². The van der Waals surface area contributed by atoms with Crippen molar-refractivity contribution in [3.05, 3.63) is 62.0 Å². The molecule has 108 valence electrons. The van der Waals surface area contributed by atoms with Gasteiger partial charge in [-0.2, -0.15) is 0 Å². The third-order valence-corrected chi connectivity index (χ3v) is 4.51. The molecule has 3 rings (SSSR count). The van der Waals surface area contributed by atoms with Crippen LogP contribution in [0.5, 0.6) is 5.75 Å². The Kier molecular flexibility index (Phi) is 4.04. The summed E-state index contributed by atoms with van der Waals surface area (Å²) in [5.74, 6) is 0.249. The smallest absolute Gasteiger partial charge is 0.254 e. The molecule has 0 aliphatic carbocycles. The highest BCUT2D eigenvalue weighted by molar-refractivity contribution is 9.11. The van der Waals surface area contributed by atoms with Gasteiger partial charge in [-0.25, -0.2) is 0 Å². The predicted molar refractivity (Wildman–Crippen MR) is 88.4 cm³/mol. The van der Waals surface area contributed by atoms with Crippen molar-refractivity contribution in [2.24, 2.45) is 0 Å². The number of hydrogen-bond acceptors (Lipinski definition) is 2. The Morgan fingerprint density at radius 2 is 1.76 bits per heavy atom. The first-order chi connectivity index (χ1) is 10.0. The van der Waals surface area contributed by atoms with Gasteiger partial charge in [-0.05, 0) is 47.9 Å². The minimum absolute atomic E-state index is 0.00555. The molecular weight excluding hydrogens is 398 g/mol. The first-order valence-electron chi connectivity index (χ1n) is 6.59. The van der Waals surface area contributed by atoms with E-state index in [1.807, 2.05) is 29.2 Å². The zero-order chi connectivity index (χ0) is 15.0. The number of rotatable bonds is 1. The molecule has 0 unspecified atom stereocenters. The number of benzene rings is 2. The Labute approximate surface area is 139 Å². The molecular formula is C16H13Br2NO2. The third-order valence-electron chi connectivity index (χ3n) is 3.60. The zero-order valence-corrected chi connectivity index (χ0v) is 14.3. The van der Waals surface area contributed by atoms with Crippen molar-refractivity contribution in [1.29, 1.82) is 0 Å². The number of carbonyl (C=O) groups excluding carboxylic acids is 1. The Morgan fingerprint density at radius 1 is 1.05 bits per heavy atom. The molecule has 0 radical (unpaired) electrons. The second-order valence-electron chi connectivity index (χ2n) is 5.09. The van der Waals surface area contributed by atoms with E-state index in [0.717, 1.165) is 20.9 Å². The summed E-state index contributed by atoms with van der Waals surface area (Å²) in [5.41, 5.74) is 2.87. The minimum Gasteiger partial charge on any atom is -0.508 e. The fourth-order valence-electron chi connectivity index (χ4n) is 2.58. The Morgan fingerprint density at radius 3 is 2.48 bits per heavy atom. The number of nitrogens with zero attached hydrogens (tertiary/aromatic N) is 1. The second-order valence-corrected chi connectivity index (χ2v) is 6.92. The number of phenolic OH excluding ortho intramolecular Hbond substituents is 1. The van der Waals surface area contributed by atoms with Crippen molar-refractivity contribution in [1.82, 2.24) is 4.90 Å². The molecule has 1 amide bonds. The lowest BCUT2D eigenvalue weighted by Gasteiger charge is -2.29. The summed E-state index contributed by atoms with van der Waals surface area (Å²) in [5, 5.41) is 9.59. The van der Waals surface area contributed by atoms with E-state index < -0.39 is 0 Å². The van der Waals surface area contributed by atoms with Gasteiger partial charge in [0.05, 0.1) is 0 Å². The number of aromatic hydroxyl groups is 1. The summed E-state index contributed by atoms with van der Waals surface area (Å²) >= 11 is 6.81. The van der Waals surface area contributed by atoms with Crippen molar-refractivity contribution in [2.75, 3.05) is 6.54 Å². The van der Waals surface area contributed by atoms with E-state index in [0.29, 0.717) is 18.7 Å². The van der Waals surface area contributed by atoms with Crippen molar-refractivity contribution >= 4 is 37.8 Å². The molecule has 1 heterocycles. The second kappa shape index (κ2) is 5.81. The van der Waals surface area contributed by atoms with Gasteiger partial charge in [-0.3, -0.25) is 4.79 Å². The molecule has 0 aromatic heterocycles. The van der Waals surface area contributed by atoms with Crippen LogP contribution in [0.25, 0.3) is 0 Å². The quantitative estimate of drug-likeness (QED) is 0.768. The molecule has 0 atom stereocenters. The maximum absolute atomic E-state index is 12.6. The van der Waals surface area contributed by atoms with Crippen molar-refractivity contribution in [3.8, 4) is 5.75 Å². The average Bonchev–Trinajstić information content (AvgIpc) is 2.44. The van der Waals surface area contributed by atoms with E-state index >= 15 is 0 Å². The molecule has 1 aliphatic rings. The van der Waals surface area contributed by atoms with E-state index in [2.05, 4.69) is 31.9 Å². The Balaban J connectivity index is 1.86. The number of fused-ring (bicyclic) bond motifs is 1. The van der Waals surface area contributed by atoms with E-state index in [-0.39, 0.29) is 11.7 Å². The van der Waals surface area contributed by atoms with Crippen molar-refractivity contribution < 1.29 is 9.90 Å². The van der Waals surface area contributed by atoms with Gasteiger partial charge in [0.2, 0.25) is 0 Å². The van der Waals surface area contributed by atoms with Gasteiger partial charge in [0, 0.05) is 27.6 Å². The van der Waals surface area contributed by atoms with Crippen LogP contribution in [0, 0.1) is 0 Å². The number of halogens is 2. The summed E-state index contributed by atoms with van der Waals surface area (Å²) < 4.78 is 1.74. The van der Waals surface area contributed by atoms with Crippen LogP contribution in [0.4, 0.5) is 0 Å². The van der Waals surface area contributed by atoms with Crippen LogP contribution in [0.15, 0.2) is 45.3 Å². The summed E-state index contributed by atoms with van der Waals surface area (Å²) in [6.45, 7) is 1.23. The van der Waals surface area contributed by atoms with Crippen molar-refractivity contribution in [3.63, 3.8) is 0 Å². The van der Waals surface area contributed by atoms with Gasteiger partial charge in [-0.15, -0.1) is 0 Å². The molecule has 21 heavy (non-hydrogen) atoms. The van der Waals surface area contributed by atoms with Gasteiger partial charge in [0.25, 0.3) is 5.91 Å². The van der Waals surface area contributed by atoms with E-state index in [9.17, 15) is 9.90 Å². The van der Waals surface area contributed by atoms with Crippen LogP contribution < -0.4 is 0 Å². The van der Waals surface area contributed by atoms with Crippen molar-refractivity contribution in [2.45, 2.75) is 13.0 Å². The van der Waals surface area contributed by atoms with Gasteiger partial charge in [0.1, 0.15) is 5.75 Å². The number of amides is 1. The normalized spacial score (nSPS) is 13.9. The lowest BCUT2D eigenvalue weighted by Crippen LogP contribution is -2.35. The summed E-state index contributed by atoms with van der Waals surface area (Å²) in [6, 6.07) is 10.9. The van der Waals surface area contributed by atoms with Crippen LogP contribution in [-0.2, 0) is 13.0 Å². The maximum atomic E-state index is 12.6. The van der Waals surface area contributed by atoms with Crippen LogP contribution >= 0.6 is 31.9 Å². The molecule has 2 aromatic rings. The lowest BCUT2D eigenvalue weighted by atomic mass is 9.99. The zero-order valence-electron chi connectivity index (χ0n) is 11.1. The number of hydrogen-bond donors (Lipinski definition) is 1. The highest BCUT2D eigenvalue weighted by Crippen LogP contribution is 2.26. The molecule has 1 aliphatic heterocycles. The van der Waals surface area contributed by atoms with Crippen LogP contribution in [-0.4, -0.2) is 22.5 Å². The summed E-state index contributed by atoms with van der Waals surface area (Å²) in [6.07, 6.45) is 0.816. The number of carbonyl (C=O) groups is 1. The summed E-state index contributed by atoms with van der Waals surface area (Å²) in [7, 11) is 0. The van der Waals surface area contributed by atoms with Gasteiger partial charge in [0.15, 0.2) is 0 Å². The average molecular weight is 411 g/mol. The summed E-state index contributed by atoms with van der Waals surface area (Å²) in [4.78, 5) is 14.4. The molecule has 5 heteroatoms. The predicted octanol–water partition coefficient (Wildman–Crippen LogP) is 4.12. The molecule has 0 spiro atoms. The monoisotopic (exact) mass is 409 g/mol. The molecule has 0 saturated heterocycles. The SMILES string of the molecule is O=C(c1cc(Br)cc(Br)c1)N1CCc2ccc(O)cc2C1. The van der Waals surface area contributed by atoms with E-state index in [4.69, 9.17) is 0 Å². The van der Waals surface area contributed by atoms with Crippen LogP contribution in [0.3, 0.4) is 0 Å². The lowest BCUT2D eigenvalue weighted by molar-refractivity contribution is 0.0734. The fraction of sp³-hybridized carbons (Fsp3) is 0.188. The van der Waals surface area contributed by atoms with E-state index in [1.54, 1.807) is 12.1 Å². The first-order valence-corrected chi connectivity index (χ1v) is 8.17. The topological polar surface area (TPSA) is 40.5 Å². The van der Waals surface area contributed by atoms with Crippen LogP contribution in [0.2, 0.25) is 0 Å². The number of phenols is 1. The maximum Gasteiger partial charge on any atom is 0.254 e. The molecule has 0 saturated carbocycles. The standard InChI is InChI=1S/C16H13Br2NO2/c17-13-5-11(6-14(18)8-13)16(21)19-4-3-10-1-2-15(20)7-12(10)9-19/h1-2,5-8,20H,3-4,9H2. The largest absolute Gasteiger partial charge is 0.508 e. The molecule has 3 nitrogen and oxygen atoms in total. The van der Waals surface area contributed by atoms with Crippen LogP contribution in [0.1, 0.15) is 21.5 Å². The highest BCUT2D eigenvalue weighted by atomic mass is 79.9. The molecule has 0 fully saturated rings. The minimum atomic E-state index is 0.00555. The highest BCUT2D eigenvalue weighted by Gasteiger charge is 2.22. The first kappa shape index (κ1) is 14.6. The molecule has 1 N–H and O–H groups in total. The van der Waals surface area contributed by atoms with Gasteiger partial charge in [-0.1, -0.05) is 37.9 Å². The van der Waals surface area contributed by atoms with Gasteiger partial charge < -0.3 is 10.0 Å². The fourth-order valence-corrected chi connectivity index (χ4v) is 3.87.